The molecule has 2 aliphatic rings. The summed E-state index contributed by atoms with van der Waals surface area (Å²) in [4.78, 5) is 70.2. The maximum absolute atomic E-state index is 15.6. The van der Waals surface area contributed by atoms with E-state index in [0.717, 1.165) is 24.0 Å². The maximum Gasteiger partial charge on any atom is 0.407 e. The lowest BCUT2D eigenvalue weighted by Crippen LogP contribution is -2.51. The third kappa shape index (κ3) is 7.79. The Hall–Kier alpha value is -6.06. The number of hydrogen-bond donors (Lipinski definition) is 4. The van der Waals surface area contributed by atoms with Crippen LogP contribution in [0.5, 0.6) is 0 Å². The van der Waals surface area contributed by atoms with Crippen LogP contribution >= 0.6 is 0 Å². The third-order valence-electron chi connectivity index (χ3n) is 11.2. The van der Waals surface area contributed by atoms with Gasteiger partial charge in [0.25, 0.3) is 0 Å². The highest BCUT2D eigenvalue weighted by Gasteiger charge is 2.39. The lowest BCUT2D eigenvalue weighted by Gasteiger charge is -2.29. The van der Waals surface area contributed by atoms with Crippen molar-refractivity contribution in [2.24, 2.45) is 11.8 Å². The molecule has 0 radical (unpaired) electrons. The van der Waals surface area contributed by atoms with E-state index in [-0.39, 0.29) is 34.7 Å². The highest BCUT2D eigenvalue weighted by atomic mass is 19.1. The summed E-state index contributed by atoms with van der Waals surface area (Å²) in [6.45, 7) is 8.32. The number of fused-ring (bicyclic) bond motifs is 2. The summed E-state index contributed by atoms with van der Waals surface area (Å²) in [5.41, 5.74) is 3.93. The molecule has 4 atom stereocenters. The number of H-pyrrole nitrogens is 2. The fourth-order valence-corrected chi connectivity index (χ4v) is 8.08. The number of rotatable bonds is 10. The summed E-state index contributed by atoms with van der Waals surface area (Å²) < 4.78 is 40.8. The molecule has 4 N–H and O–H groups in total. The molecule has 3 aromatic carbocycles. The Morgan fingerprint density at radius 2 is 1.03 bits per heavy atom. The van der Waals surface area contributed by atoms with Crippen LogP contribution in [0, 0.1) is 23.5 Å². The average molecular weight is 799 g/mol. The summed E-state index contributed by atoms with van der Waals surface area (Å²) in [7, 11) is 2.49. The number of methoxy groups -OCH3 is 2. The topological polar surface area (TPSA) is 175 Å². The third-order valence-corrected chi connectivity index (χ3v) is 11.2. The van der Waals surface area contributed by atoms with E-state index in [1.54, 1.807) is 9.80 Å². The molecule has 0 saturated carbocycles. The van der Waals surface area contributed by atoms with E-state index < -0.39 is 48.0 Å². The van der Waals surface area contributed by atoms with E-state index in [2.05, 4.69) is 30.6 Å². The summed E-state index contributed by atoms with van der Waals surface area (Å²) in [5, 5.41) is 5.28. The number of imidazole rings is 2. The van der Waals surface area contributed by atoms with E-state index in [1.807, 2.05) is 64.1 Å². The number of amides is 4. The molecular formula is C42H48F2N8O6. The molecule has 58 heavy (non-hydrogen) atoms. The molecule has 4 amide bonds. The number of ether oxygens (including phenoxy) is 2. The molecule has 0 bridgehead atoms. The van der Waals surface area contributed by atoms with Gasteiger partial charge in [0.1, 0.15) is 34.8 Å². The number of carbonyl (C=O) groups is 4. The van der Waals surface area contributed by atoms with Crippen molar-refractivity contribution in [3.63, 3.8) is 0 Å². The lowest BCUT2D eigenvalue weighted by atomic mass is 9.99. The van der Waals surface area contributed by atoms with E-state index in [1.165, 1.54) is 26.4 Å². The number of nitrogens with zero attached hydrogens (tertiary/aromatic N) is 4. The van der Waals surface area contributed by atoms with E-state index >= 15 is 8.78 Å². The molecule has 2 aromatic heterocycles. The molecule has 7 rings (SSSR count). The van der Waals surface area contributed by atoms with Gasteiger partial charge in [0, 0.05) is 13.1 Å². The number of aromatic amines is 2. The minimum atomic E-state index is -0.791. The first-order valence-corrected chi connectivity index (χ1v) is 19.6. The standard InChI is InChI=1S/C42H48F2N8O6/c1-21(2)33(49-41(55)57-5)39(53)51-15-7-9-31(51)37-45-29-19-25(17-27(43)35(29)47-37)23-11-13-24(14-12-23)26-18-28(44)36-30(20-26)46-38(48-36)32-10-8-16-52(32)40(54)34(22(3)4)50-42(56)58-6/h11-14,17-22,31-34H,7-10,15-16H2,1-6H3,(H,45,47)(H,46,48)(H,49,55)(H,50,56)/t31-,32-,33-,34?/m0/s1. The van der Waals surface area contributed by atoms with Gasteiger partial charge in [-0.2, -0.15) is 0 Å². The molecule has 0 aliphatic carbocycles. The van der Waals surface area contributed by atoms with E-state index in [4.69, 9.17) is 9.47 Å². The fraction of sp³-hybridized carbons (Fsp3) is 0.429. The first-order chi connectivity index (χ1) is 27.8. The number of likely N-dealkylation sites (tertiary alicyclic amines) is 2. The van der Waals surface area contributed by atoms with Gasteiger partial charge in [-0.25, -0.2) is 28.3 Å². The zero-order chi connectivity index (χ0) is 41.4. The summed E-state index contributed by atoms with van der Waals surface area (Å²) in [6, 6.07) is 11.4. The lowest BCUT2D eigenvalue weighted by molar-refractivity contribution is -0.136. The van der Waals surface area contributed by atoms with Crippen molar-refractivity contribution in [2.45, 2.75) is 77.5 Å². The molecule has 306 valence electrons. The minimum absolute atomic E-state index is 0.160. The van der Waals surface area contributed by atoms with Crippen LogP contribution in [0.3, 0.4) is 0 Å². The van der Waals surface area contributed by atoms with Crippen LogP contribution in [-0.2, 0) is 19.1 Å². The van der Waals surface area contributed by atoms with Gasteiger partial charge in [0.15, 0.2) is 11.6 Å². The number of benzene rings is 3. The van der Waals surface area contributed by atoms with E-state index in [0.29, 0.717) is 59.7 Å². The molecule has 14 nitrogen and oxygen atoms in total. The largest absolute Gasteiger partial charge is 0.453 e. The number of aromatic nitrogens is 4. The van der Waals surface area contributed by atoms with Crippen LogP contribution in [0.25, 0.3) is 44.3 Å². The van der Waals surface area contributed by atoms with Crippen molar-refractivity contribution in [3.05, 3.63) is 71.8 Å². The van der Waals surface area contributed by atoms with Crippen molar-refractivity contribution in [1.82, 2.24) is 40.4 Å². The van der Waals surface area contributed by atoms with Crippen molar-refractivity contribution in [1.29, 1.82) is 0 Å². The van der Waals surface area contributed by atoms with Crippen molar-refractivity contribution < 1.29 is 37.4 Å². The molecule has 16 heteroatoms. The van der Waals surface area contributed by atoms with Gasteiger partial charge >= 0.3 is 12.2 Å². The number of halogens is 2. The van der Waals surface area contributed by atoms with Gasteiger partial charge in [-0.3, -0.25) is 9.59 Å². The highest BCUT2D eigenvalue weighted by molar-refractivity contribution is 5.89. The highest BCUT2D eigenvalue weighted by Crippen LogP contribution is 2.37. The van der Waals surface area contributed by atoms with Gasteiger partial charge < -0.3 is 39.9 Å². The van der Waals surface area contributed by atoms with Gasteiger partial charge in [-0.1, -0.05) is 52.0 Å². The number of hydrogen-bond acceptors (Lipinski definition) is 8. The zero-order valence-corrected chi connectivity index (χ0v) is 33.3. The van der Waals surface area contributed by atoms with Crippen molar-refractivity contribution in [2.75, 3.05) is 27.3 Å². The van der Waals surface area contributed by atoms with Gasteiger partial charge in [-0.05, 0) is 84.0 Å². The van der Waals surface area contributed by atoms with Crippen molar-refractivity contribution in [3.8, 4) is 22.3 Å². The Bertz CT molecular complexity index is 2200. The van der Waals surface area contributed by atoms with Crippen LogP contribution < -0.4 is 10.6 Å². The average Bonchev–Trinajstić information content (AvgIpc) is 4.04. The van der Waals surface area contributed by atoms with Crippen LogP contribution in [0.4, 0.5) is 18.4 Å². The summed E-state index contributed by atoms with van der Waals surface area (Å²) in [5.74, 6) is -0.997. The molecule has 2 aliphatic heterocycles. The summed E-state index contributed by atoms with van der Waals surface area (Å²) in [6.07, 6.45) is 1.33. The quantitative estimate of drug-likeness (QED) is 0.115. The molecule has 2 fully saturated rings. The number of nitrogens with one attached hydrogen (secondary N) is 4. The van der Waals surface area contributed by atoms with Crippen LogP contribution in [0.15, 0.2) is 48.5 Å². The Morgan fingerprint density at radius 1 is 0.655 bits per heavy atom. The minimum Gasteiger partial charge on any atom is -0.453 e. The SMILES string of the molecule is COC(=O)NC(C(=O)N1CCC[C@H]1c1nc2c(F)cc(-c3ccc(-c4cc(F)c5nc([C@@H]6CCCN6C(=O)[C@@H](NC(=O)OC)C(C)C)[nH]c5c4)cc3)cc2[nH]1)C(C)C. The first-order valence-electron chi connectivity index (χ1n) is 19.6. The predicted molar refractivity (Wildman–Crippen MR) is 212 cm³/mol. The van der Waals surface area contributed by atoms with Crippen molar-refractivity contribution >= 4 is 46.1 Å². The Balaban J connectivity index is 1.10. The number of alkyl carbamates (subject to hydrolysis) is 2. The second-order valence-electron chi connectivity index (χ2n) is 15.6. The number of carbonyl (C=O) groups excluding carboxylic acids is 4. The first kappa shape index (κ1) is 40.1. The smallest absolute Gasteiger partial charge is 0.407 e. The van der Waals surface area contributed by atoms with Gasteiger partial charge in [0.05, 0.1) is 37.3 Å². The molecule has 4 heterocycles. The molecule has 0 spiro atoms. The molecule has 5 aromatic rings. The normalized spacial score (nSPS) is 18.0. The second-order valence-corrected chi connectivity index (χ2v) is 15.6. The Morgan fingerprint density at radius 3 is 1.38 bits per heavy atom. The Kier molecular flexibility index (Phi) is 11.4. The van der Waals surface area contributed by atoms with Crippen LogP contribution in [0.2, 0.25) is 0 Å². The predicted octanol–water partition coefficient (Wildman–Crippen LogP) is 7.14. The van der Waals surface area contributed by atoms with Gasteiger partial charge in [-0.15, -0.1) is 0 Å². The van der Waals surface area contributed by atoms with Crippen LogP contribution in [-0.4, -0.2) is 93.1 Å². The second kappa shape index (κ2) is 16.4. The summed E-state index contributed by atoms with van der Waals surface area (Å²) >= 11 is 0. The van der Waals surface area contributed by atoms with E-state index in [9.17, 15) is 19.2 Å². The maximum atomic E-state index is 15.6. The molecule has 2 saturated heterocycles. The monoisotopic (exact) mass is 798 g/mol. The Labute approximate surface area is 334 Å². The van der Waals surface area contributed by atoms with Gasteiger partial charge in [0.2, 0.25) is 11.8 Å². The van der Waals surface area contributed by atoms with Crippen LogP contribution in [0.1, 0.15) is 77.1 Å². The molecular weight excluding hydrogens is 751 g/mol. The fourth-order valence-electron chi connectivity index (χ4n) is 8.08. The molecule has 1 unspecified atom stereocenters. The zero-order valence-electron chi connectivity index (χ0n) is 33.3.